The summed E-state index contributed by atoms with van der Waals surface area (Å²) in [5, 5.41) is 0. The minimum atomic E-state index is -3.64. The number of halogens is 1. The van der Waals surface area contributed by atoms with Crippen LogP contribution in [-0.2, 0) is 14.8 Å². The first-order valence-electron chi connectivity index (χ1n) is 6.36. The molecular weight excluding hydrogens is 344 g/mol. The summed E-state index contributed by atoms with van der Waals surface area (Å²) in [5.74, 6) is -0.237. The summed E-state index contributed by atoms with van der Waals surface area (Å²) in [7, 11) is -1.97. The third-order valence-corrected chi connectivity index (χ3v) is 4.76. The zero-order valence-electron chi connectivity index (χ0n) is 11.6. The van der Waals surface area contributed by atoms with Crippen molar-refractivity contribution >= 4 is 31.9 Å². The fraction of sp³-hybridized carbons (Fsp3) is 0.462. The number of carbonyl (C=O) groups is 1. The number of unbranched alkanes of at least 4 members (excludes halogenated alkanes) is 1. The summed E-state index contributed by atoms with van der Waals surface area (Å²) in [6, 6.07) is 6.25. The molecule has 5 nitrogen and oxygen atoms in total. The molecule has 0 radical (unpaired) electrons. The van der Waals surface area contributed by atoms with Gasteiger partial charge in [0.05, 0.1) is 11.4 Å². The van der Waals surface area contributed by atoms with Crippen molar-refractivity contribution in [1.29, 1.82) is 0 Å². The van der Waals surface area contributed by atoms with Crippen molar-refractivity contribution in [1.82, 2.24) is 9.62 Å². The van der Waals surface area contributed by atoms with Crippen LogP contribution in [0, 0.1) is 0 Å². The Bertz CT molecular complexity index is 543. The van der Waals surface area contributed by atoms with Gasteiger partial charge in [-0.25, -0.2) is 13.1 Å². The molecule has 0 saturated heterocycles. The van der Waals surface area contributed by atoms with Gasteiger partial charge in [-0.15, -0.1) is 0 Å². The fourth-order valence-electron chi connectivity index (χ4n) is 1.51. The molecule has 1 aromatic carbocycles. The second-order valence-electron chi connectivity index (χ2n) is 4.45. The molecule has 1 N–H and O–H groups in total. The standard InChI is InChI=1S/C13H19BrN2O3S/c1-3-4-9-16(2)13(17)10-15-20(18,19)12-7-5-11(14)6-8-12/h5-8,15H,3-4,9-10H2,1-2H3. The topological polar surface area (TPSA) is 66.5 Å². The molecule has 0 aliphatic heterocycles. The Morgan fingerprint density at radius 3 is 2.45 bits per heavy atom. The monoisotopic (exact) mass is 362 g/mol. The average molecular weight is 363 g/mol. The van der Waals surface area contributed by atoms with E-state index < -0.39 is 10.0 Å². The minimum Gasteiger partial charge on any atom is -0.345 e. The Balaban J connectivity index is 2.59. The Labute approximate surface area is 128 Å². The summed E-state index contributed by atoms with van der Waals surface area (Å²) >= 11 is 3.24. The number of carbonyl (C=O) groups excluding carboxylic acids is 1. The van der Waals surface area contributed by atoms with Crippen molar-refractivity contribution in [2.45, 2.75) is 24.7 Å². The van der Waals surface area contributed by atoms with Gasteiger partial charge in [0, 0.05) is 18.1 Å². The van der Waals surface area contributed by atoms with Crippen molar-refractivity contribution in [3.63, 3.8) is 0 Å². The Hall–Kier alpha value is -0.920. The van der Waals surface area contributed by atoms with Crippen LogP contribution in [-0.4, -0.2) is 39.4 Å². The van der Waals surface area contributed by atoms with Crippen LogP contribution in [0.4, 0.5) is 0 Å². The Morgan fingerprint density at radius 1 is 1.30 bits per heavy atom. The number of nitrogens with zero attached hydrogens (tertiary/aromatic N) is 1. The third-order valence-electron chi connectivity index (χ3n) is 2.81. The van der Waals surface area contributed by atoms with E-state index in [1.807, 2.05) is 6.92 Å². The number of likely N-dealkylation sites (N-methyl/N-ethyl adjacent to an activating group) is 1. The van der Waals surface area contributed by atoms with Gasteiger partial charge < -0.3 is 4.90 Å². The highest BCUT2D eigenvalue weighted by atomic mass is 79.9. The van der Waals surface area contributed by atoms with Gasteiger partial charge in [0.15, 0.2) is 0 Å². The van der Waals surface area contributed by atoms with E-state index in [2.05, 4.69) is 20.7 Å². The van der Waals surface area contributed by atoms with Crippen molar-refractivity contribution in [3.05, 3.63) is 28.7 Å². The largest absolute Gasteiger partial charge is 0.345 e. The molecule has 7 heteroatoms. The molecule has 0 atom stereocenters. The molecule has 0 heterocycles. The summed E-state index contributed by atoms with van der Waals surface area (Å²) < 4.78 is 27.1. The maximum absolute atomic E-state index is 12.0. The van der Waals surface area contributed by atoms with E-state index in [1.165, 1.54) is 17.0 Å². The van der Waals surface area contributed by atoms with Gasteiger partial charge in [-0.3, -0.25) is 4.79 Å². The number of hydrogen-bond acceptors (Lipinski definition) is 3. The van der Waals surface area contributed by atoms with Gasteiger partial charge >= 0.3 is 0 Å². The lowest BCUT2D eigenvalue weighted by Gasteiger charge is -2.17. The second-order valence-corrected chi connectivity index (χ2v) is 7.13. The van der Waals surface area contributed by atoms with E-state index in [0.29, 0.717) is 6.54 Å². The van der Waals surface area contributed by atoms with E-state index in [4.69, 9.17) is 0 Å². The number of hydrogen-bond donors (Lipinski definition) is 1. The zero-order chi connectivity index (χ0) is 15.2. The second kappa shape index (κ2) is 7.75. The molecule has 1 aromatic rings. The molecule has 0 spiro atoms. The highest BCUT2D eigenvalue weighted by Gasteiger charge is 2.16. The summed E-state index contributed by atoms with van der Waals surface area (Å²) in [4.78, 5) is 13.5. The molecule has 1 amide bonds. The Kier molecular flexibility index (Phi) is 6.64. The van der Waals surface area contributed by atoms with E-state index in [1.54, 1.807) is 19.2 Å². The SMILES string of the molecule is CCCCN(C)C(=O)CNS(=O)(=O)c1ccc(Br)cc1. The summed E-state index contributed by atoms with van der Waals surface area (Å²) in [6.07, 6.45) is 1.89. The highest BCUT2D eigenvalue weighted by molar-refractivity contribution is 9.10. The number of amides is 1. The van der Waals surface area contributed by atoms with Crippen LogP contribution in [0.3, 0.4) is 0 Å². The van der Waals surface area contributed by atoms with Crippen LogP contribution in [0.15, 0.2) is 33.6 Å². The lowest BCUT2D eigenvalue weighted by molar-refractivity contribution is -0.128. The average Bonchev–Trinajstić information content (AvgIpc) is 2.42. The lowest BCUT2D eigenvalue weighted by Crippen LogP contribution is -2.38. The van der Waals surface area contributed by atoms with Crippen LogP contribution in [0.1, 0.15) is 19.8 Å². The van der Waals surface area contributed by atoms with Crippen molar-refractivity contribution < 1.29 is 13.2 Å². The van der Waals surface area contributed by atoms with Gasteiger partial charge in [0.2, 0.25) is 15.9 Å². The molecule has 20 heavy (non-hydrogen) atoms. The molecule has 0 aliphatic carbocycles. The molecule has 0 bridgehead atoms. The number of nitrogens with one attached hydrogen (secondary N) is 1. The smallest absolute Gasteiger partial charge is 0.241 e. The first kappa shape index (κ1) is 17.1. The highest BCUT2D eigenvalue weighted by Crippen LogP contribution is 2.14. The maximum Gasteiger partial charge on any atom is 0.241 e. The maximum atomic E-state index is 12.0. The fourth-order valence-corrected chi connectivity index (χ4v) is 2.75. The number of benzene rings is 1. The molecule has 0 fully saturated rings. The van der Waals surface area contributed by atoms with E-state index >= 15 is 0 Å². The van der Waals surface area contributed by atoms with Crippen LogP contribution in [0.25, 0.3) is 0 Å². The Morgan fingerprint density at radius 2 is 1.90 bits per heavy atom. The minimum absolute atomic E-state index is 0.143. The molecule has 112 valence electrons. The van der Waals surface area contributed by atoms with E-state index in [9.17, 15) is 13.2 Å². The van der Waals surface area contributed by atoms with Crippen molar-refractivity contribution in [2.24, 2.45) is 0 Å². The molecular formula is C13H19BrN2O3S. The van der Waals surface area contributed by atoms with Gasteiger partial charge in [-0.1, -0.05) is 29.3 Å². The van der Waals surface area contributed by atoms with Gasteiger partial charge in [-0.05, 0) is 30.7 Å². The van der Waals surface area contributed by atoms with Gasteiger partial charge in [-0.2, -0.15) is 0 Å². The molecule has 1 rings (SSSR count). The van der Waals surface area contributed by atoms with E-state index in [0.717, 1.165) is 17.3 Å². The lowest BCUT2D eigenvalue weighted by atomic mass is 10.3. The molecule has 0 unspecified atom stereocenters. The normalized spacial score (nSPS) is 11.3. The first-order chi connectivity index (χ1) is 9.36. The van der Waals surface area contributed by atoms with E-state index in [-0.39, 0.29) is 17.3 Å². The third kappa shape index (κ3) is 5.22. The van der Waals surface area contributed by atoms with Crippen LogP contribution in [0.2, 0.25) is 0 Å². The number of rotatable bonds is 7. The quantitative estimate of drug-likeness (QED) is 0.806. The molecule has 0 aromatic heterocycles. The predicted molar refractivity (Wildman–Crippen MR) is 81.9 cm³/mol. The van der Waals surface area contributed by atoms with Gasteiger partial charge in [0.1, 0.15) is 0 Å². The van der Waals surface area contributed by atoms with Crippen molar-refractivity contribution in [2.75, 3.05) is 20.1 Å². The van der Waals surface area contributed by atoms with Crippen molar-refractivity contribution in [3.8, 4) is 0 Å². The molecule has 0 aliphatic rings. The van der Waals surface area contributed by atoms with Gasteiger partial charge in [0.25, 0.3) is 0 Å². The first-order valence-corrected chi connectivity index (χ1v) is 8.63. The molecule has 0 saturated carbocycles. The van der Waals surface area contributed by atoms with Crippen LogP contribution >= 0.6 is 15.9 Å². The van der Waals surface area contributed by atoms with Crippen LogP contribution in [0.5, 0.6) is 0 Å². The van der Waals surface area contributed by atoms with Crippen LogP contribution < -0.4 is 4.72 Å². The zero-order valence-corrected chi connectivity index (χ0v) is 14.0. The summed E-state index contributed by atoms with van der Waals surface area (Å²) in [6.45, 7) is 2.45. The number of sulfonamides is 1. The summed E-state index contributed by atoms with van der Waals surface area (Å²) in [5.41, 5.74) is 0. The predicted octanol–water partition coefficient (Wildman–Crippen LogP) is 1.99.